The molecule has 132 valence electrons. The summed E-state index contributed by atoms with van der Waals surface area (Å²) in [6.45, 7) is 3.13. The van der Waals surface area contributed by atoms with Gasteiger partial charge in [-0.05, 0) is 30.2 Å². The molecule has 4 rings (SSSR count). The number of carbonyl (C=O) groups is 1. The van der Waals surface area contributed by atoms with E-state index in [1.807, 2.05) is 36.5 Å². The van der Waals surface area contributed by atoms with E-state index in [2.05, 4.69) is 42.4 Å². The van der Waals surface area contributed by atoms with Crippen LogP contribution in [0.2, 0.25) is 0 Å². The number of hydrogen-bond donors (Lipinski definition) is 0. The molecule has 1 aromatic heterocycles. The molecule has 5 nitrogen and oxygen atoms in total. The zero-order valence-corrected chi connectivity index (χ0v) is 15.0. The van der Waals surface area contributed by atoms with E-state index < -0.39 is 0 Å². The lowest BCUT2D eigenvalue weighted by Gasteiger charge is -2.23. The first-order chi connectivity index (χ1) is 12.6. The summed E-state index contributed by atoms with van der Waals surface area (Å²) >= 11 is 0. The minimum atomic E-state index is -0.0153. The van der Waals surface area contributed by atoms with Gasteiger partial charge in [-0.25, -0.2) is 0 Å². The second-order valence-electron chi connectivity index (χ2n) is 6.70. The van der Waals surface area contributed by atoms with Gasteiger partial charge in [-0.1, -0.05) is 35.9 Å². The zero-order valence-electron chi connectivity index (χ0n) is 15.0. The van der Waals surface area contributed by atoms with Gasteiger partial charge >= 0.3 is 0 Å². The smallest absolute Gasteiger partial charge is 0.253 e. The first kappa shape index (κ1) is 16.5. The van der Waals surface area contributed by atoms with Crippen LogP contribution in [0.25, 0.3) is 11.1 Å². The molecule has 5 heteroatoms. The predicted octanol–water partition coefficient (Wildman–Crippen LogP) is 3.46. The highest BCUT2D eigenvalue weighted by Gasteiger charge is 2.23. The maximum Gasteiger partial charge on any atom is 0.253 e. The molecule has 0 saturated heterocycles. The summed E-state index contributed by atoms with van der Waals surface area (Å²) in [7, 11) is 1.90. The van der Waals surface area contributed by atoms with Gasteiger partial charge in [-0.15, -0.1) is 0 Å². The molecule has 0 aliphatic carbocycles. The summed E-state index contributed by atoms with van der Waals surface area (Å²) in [5, 5.41) is 4.23. The normalized spacial score (nSPS) is 14.2. The quantitative estimate of drug-likeness (QED) is 0.729. The number of aromatic nitrogens is 2. The Kier molecular flexibility index (Phi) is 4.31. The van der Waals surface area contributed by atoms with Crippen molar-refractivity contribution in [1.29, 1.82) is 0 Å². The maximum atomic E-state index is 12.6. The van der Waals surface area contributed by atoms with Gasteiger partial charge in [0, 0.05) is 30.1 Å². The number of benzene rings is 2. The molecule has 0 N–H and O–H groups in total. The SMILES string of the molecule is Cc1ccc(CN2C(=O)COCc3cc(-c4cnn(C)c4)ccc32)cc1. The van der Waals surface area contributed by atoms with Crippen LogP contribution in [0.1, 0.15) is 16.7 Å². The lowest BCUT2D eigenvalue weighted by atomic mass is 10.0. The minimum Gasteiger partial charge on any atom is -0.367 e. The third kappa shape index (κ3) is 3.26. The summed E-state index contributed by atoms with van der Waals surface area (Å²) in [6.07, 6.45) is 3.82. The van der Waals surface area contributed by atoms with E-state index in [1.54, 1.807) is 4.68 Å². The Morgan fingerprint density at radius 3 is 2.62 bits per heavy atom. The fraction of sp³-hybridized carbons (Fsp3) is 0.238. The molecule has 2 aromatic carbocycles. The van der Waals surface area contributed by atoms with Crippen molar-refractivity contribution < 1.29 is 9.53 Å². The second kappa shape index (κ2) is 6.77. The first-order valence-electron chi connectivity index (χ1n) is 8.66. The molecule has 0 spiro atoms. The number of amides is 1. The van der Waals surface area contributed by atoms with Gasteiger partial charge in [0.25, 0.3) is 5.91 Å². The lowest BCUT2D eigenvalue weighted by Crippen LogP contribution is -2.32. The lowest BCUT2D eigenvalue weighted by molar-refractivity contribution is -0.123. The molecular formula is C21H21N3O2. The van der Waals surface area contributed by atoms with Crippen molar-refractivity contribution in [2.45, 2.75) is 20.1 Å². The van der Waals surface area contributed by atoms with Crippen LogP contribution in [0.5, 0.6) is 0 Å². The van der Waals surface area contributed by atoms with E-state index in [4.69, 9.17) is 4.74 Å². The van der Waals surface area contributed by atoms with Gasteiger partial charge in [0.15, 0.2) is 0 Å². The topological polar surface area (TPSA) is 47.4 Å². The van der Waals surface area contributed by atoms with Crippen LogP contribution in [0.3, 0.4) is 0 Å². The van der Waals surface area contributed by atoms with Crippen molar-refractivity contribution >= 4 is 11.6 Å². The highest BCUT2D eigenvalue weighted by atomic mass is 16.5. The Morgan fingerprint density at radius 1 is 1.08 bits per heavy atom. The summed E-state index contributed by atoms with van der Waals surface area (Å²) in [4.78, 5) is 14.4. The fourth-order valence-electron chi connectivity index (χ4n) is 3.22. The summed E-state index contributed by atoms with van der Waals surface area (Å²) in [6, 6.07) is 14.4. The monoisotopic (exact) mass is 347 g/mol. The van der Waals surface area contributed by atoms with Crippen molar-refractivity contribution in [3.05, 3.63) is 71.5 Å². The summed E-state index contributed by atoms with van der Waals surface area (Å²) in [5.74, 6) is -0.0153. The molecule has 0 radical (unpaired) electrons. The van der Waals surface area contributed by atoms with E-state index in [0.717, 1.165) is 27.9 Å². The van der Waals surface area contributed by atoms with Gasteiger partial charge < -0.3 is 9.64 Å². The van der Waals surface area contributed by atoms with Crippen LogP contribution in [-0.2, 0) is 29.7 Å². The highest BCUT2D eigenvalue weighted by molar-refractivity contribution is 5.95. The third-order valence-corrected chi connectivity index (χ3v) is 4.65. The number of carbonyl (C=O) groups excluding carboxylic acids is 1. The standard InChI is InChI=1S/C21H21N3O2/c1-15-3-5-16(6-4-15)11-24-20-8-7-17(19-10-22-23(2)12-19)9-18(20)13-26-14-21(24)25/h3-10,12H,11,13-14H2,1-2H3. The molecule has 0 unspecified atom stereocenters. The summed E-state index contributed by atoms with van der Waals surface area (Å²) in [5.41, 5.74) is 6.37. The van der Waals surface area contributed by atoms with Gasteiger partial charge in [-0.3, -0.25) is 9.48 Å². The van der Waals surface area contributed by atoms with Crippen LogP contribution < -0.4 is 4.90 Å². The third-order valence-electron chi connectivity index (χ3n) is 4.65. The van der Waals surface area contributed by atoms with Crippen LogP contribution in [0.15, 0.2) is 54.9 Å². The van der Waals surface area contributed by atoms with E-state index in [0.29, 0.717) is 13.2 Å². The van der Waals surface area contributed by atoms with E-state index in [1.165, 1.54) is 5.56 Å². The number of ether oxygens (including phenoxy) is 1. The molecule has 0 atom stereocenters. The number of aryl methyl sites for hydroxylation is 2. The average Bonchev–Trinajstić information content (AvgIpc) is 3.01. The van der Waals surface area contributed by atoms with Crippen LogP contribution in [-0.4, -0.2) is 22.3 Å². The number of fused-ring (bicyclic) bond motifs is 1. The molecule has 26 heavy (non-hydrogen) atoms. The summed E-state index contributed by atoms with van der Waals surface area (Å²) < 4.78 is 7.39. The molecule has 0 saturated carbocycles. The Hall–Kier alpha value is -2.92. The molecule has 3 aromatic rings. The van der Waals surface area contributed by atoms with Gasteiger partial charge in [0.05, 0.1) is 19.3 Å². The molecule has 1 aliphatic heterocycles. The number of hydrogen-bond acceptors (Lipinski definition) is 3. The molecule has 2 heterocycles. The van der Waals surface area contributed by atoms with Gasteiger partial charge in [-0.2, -0.15) is 5.10 Å². The van der Waals surface area contributed by atoms with Crippen molar-refractivity contribution in [1.82, 2.24) is 9.78 Å². The van der Waals surface area contributed by atoms with Crippen molar-refractivity contribution in [3.63, 3.8) is 0 Å². The zero-order chi connectivity index (χ0) is 18.1. The van der Waals surface area contributed by atoms with Gasteiger partial charge in [0.1, 0.15) is 6.61 Å². The van der Waals surface area contributed by atoms with E-state index in [9.17, 15) is 4.79 Å². The molecule has 1 amide bonds. The van der Waals surface area contributed by atoms with E-state index in [-0.39, 0.29) is 12.5 Å². The van der Waals surface area contributed by atoms with Gasteiger partial charge in [0.2, 0.25) is 0 Å². The Bertz CT molecular complexity index is 944. The van der Waals surface area contributed by atoms with Crippen LogP contribution in [0, 0.1) is 6.92 Å². The van der Waals surface area contributed by atoms with Crippen molar-refractivity contribution in [2.24, 2.45) is 7.05 Å². The largest absolute Gasteiger partial charge is 0.367 e. The Labute approximate surface area is 152 Å². The fourth-order valence-corrected chi connectivity index (χ4v) is 3.22. The molecular weight excluding hydrogens is 326 g/mol. The predicted molar refractivity (Wildman–Crippen MR) is 101 cm³/mol. The average molecular weight is 347 g/mol. The number of rotatable bonds is 3. The van der Waals surface area contributed by atoms with Crippen molar-refractivity contribution in [2.75, 3.05) is 11.5 Å². The van der Waals surface area contributed by atoms with Crippen molar-refractivity contribution in [3.8, 4) is 11.1 Å². The molecule has 1 aliphatic rings. The maximum absolute atomic E-state index is 12.6. The Balaban J connectivity index is 1.69. The Morgan fingerprint density at radius 2 is 1.88 bits per heavy atom. The minimum absolute atomic E-state index is 0.0153. The first-order valence-corrected chi connectivity index (χ1v) is 8.66. The van der Waals surface area contributed by atoms with Crippen LogP contribution in [0.4, 0.5) is 5.69 Å². The highest BCUT2D eigenvalue weighted by Crippen LogP contribution is 2.31. The van der Waals surface area contributed by atoms with E-state index >= 15 is 0 Å². The number of anilines is 1. The second-order valence-corrected chi connectivity index (χ2v) is 6.70. The molecule has 0 fully saturated rings. The number of nitrogens with zero attached hydrogens (tertiary/aromatic N) is 3. The molecule has 0 bridgehead atoms. The van der Waals surface area contributed by atoms with Crippen LogP contribution >= 0.6 is 0 Å².